The molecule has 5 rings (SSSR count). The highest BCUT2D eigenvalue weighted by Gasteiger charge is 2.31. The lowest BCUT2D eigenvalue weighted by Gasteiger charge is -2.34. The van der Waals surface area contributed by atoms with Crippen molar-refractivity contribution < 1.29 is 27.9 Å². The topological polar surface area (TPSA) is 172 Å². The lowest BCUT2D eigenvalue weighted by atomic mass is 10.0. The molecule has 0 saturated carbocycles. The summed E-state index contributed by atoms with van der Waals surface area (Å²) in [6.45, 7) is 5.03. The number of anilines is 3. The molecule has 1 aliphatic heterocycles. The van der Waals surface area contributed by atoms with E-state index >= 15 is 0 Å². The summed E-state index contributed by atoms with van der Waals surface area (Å²) in [6, 6.07) is 18.9. The van der Waals surface area contributed by atoms with E-state index in [1.807, 2.05) is 26.1 Å². The van der Waals surface area contributed by atoms with Gasteiger partial charge in [-0.1, -0.05) is 31.2 Å². The first kappa shape index (κ1) is 35.4. The number of nitrogens with two attached hydrogens (primary N) is 1. The van der Waals surface area contributed by atoms with E-state index in [2.05, 4.69) is 19.9 Å². The number of nitrogens with zero attached hydrogens (tertiary/aromatic N) is 4. The van der Waals surface area contributed by atoms with Crippen molar-refractivity contribution in [2.75, 3.05) is 42.5 Å². The van der Waals surface area contributed by atoms with Crippen LogP contribution in [0.15, 0.2) is 84.3 Å². The van der Waals surface area contributed by atoms with Crippen molar-refractivity contribution in [1.82, 2.24) is 19.4 Å². The molecule has 0 aliphatic carbocycles. The number of carbonyl (C=O) groups is 2. The van der Waals surface area contributed by atoms with E-state index in [-0.39, 0.29) is 47.6 Å². The predicted octanol–water partition coefficient (Wildman–Crippen LogP) is 3.34. The first-order chi connectivity index (χ1) is 23.3. The van der Waals surface area contributed by atoms with E-state index in [9.17, 15) is 23.1 Å². The number of carbonyl (C=O) groups excluding carboxylic acids is 2. The molecule has 4 aromatic rings. The number of ether oxygens (including phenoxy) is 1. The number of amides is 2. The highest BCUT2D eigenvalue weighted by Crippen LogP contribution is 2.30. The third-order valence-electron chi connectivity index (χ3n) is 8.49. The zero-order valence-electron chi connectivity index (χ0n) is 28.0. The molecule has 0 spiro atoms. The predicted molar refractivity (Wildman–Crippen MR) is 188 cm³/mol. The van der Waals surface area contributed by atoms with Gasteiger partial charge >= 0.3 is 0 Å². The Hall–Kier alpha value is -4.92. The van der Waals surface area contributed by atoms with Gasteiger partial charge in [0, 0.05) is 55.6 Å². The van der Waals surface area contributed by atoms with Crippen LogP contribution in [-0.4, -0.2) is 83.6 Å². The summed E-state index contributed by atoms with van der Waals surface area (Å²) in [5.74, 6) is -0.0956. The minimum absolute atomic E-state index is 0.0368. The molecule has 0 unspecified atom stereocenters. The number of rotatable bonds is 11. The molecule has 5 N–H and O–H groups in total. The van der Waals surface area contributed by atoms with Crippen molar-refractivity contribution in [1.29, 1.82) is 0 Å². The zero-order chi connectivity index (χ0) is 35.3. The molecule has 1 aromatic heterocycles. The second kappa shape index (κ2) is 15.1. The normalized spacial score (nSPS) is 17.3. The van der Waals surface area contributed by atoms with Crippen molar-refractivity contribution in [3.05, 3.63) is 95.9 Å². The first-order valence-electron chi connectivity index (χ1n) is 16.0. The van der Waals surface area contributed by atoms with Crippen LogP contribution >= 0.6 is 0 Å². The number of sulfonamides is 1. The van der Waals surface area contributed by atoms with E-state index < -0.39 is 16.1 Å². The number of imidazole rings is 1. The van der Waals surface area contributed by atoms with Gasteiger partial charge in [-0.3, -0.25) is 19.2 Å². The monoisotopic (exact) mass is 689 g/mol. The number of benzene rings is 3. The van der Waals surface area contributed by atoms with E-state index in [1.54, 1.807) is 73.5 Å². The van der Waals surface area contributed by atoms with Crippen LogP contribution < -0.4 is 20.5 Å². The van der Waals surface area contributed by atoms with Gasteiger partial charge in [0.15, 0.2) is 5.03 Å². The Morgan fingerprint density at radius 3 is 2.57 bits per heavy atom. The Bertz CT molecular complexity index is 1900. The molecule has 3 atom stereocenters. The van der Waals surface area contributed by atoms with Gasteiger partial charge in [-0.05, 0) is 62.0 Å². The molecule has 1 aliphatic rings. The van der Waals surface area contributed by atoms with Crippen molar-refractivity contribution in [2.24, 2.45) is 13.0 Å². The first-order valence-corrected chi connectivity index (χ1v) is 17.4. The molecule has 3 aromatic carbocycles. The average Bonchev–Trinajstić information content (AvgIpc) is 3.53. The van der Waals surface area contributed by atoms with E-state index in [0.29, 0.717) is 47.9 Å². The van der Waals surface area contributed by atoms with Crippen LogP contribution in [0.2, 0.25) is 0 Å². The maximum atomic E-state index is 13.6. The van der Waals surface area contributed by atoms with Gasteiger partial charge in [-0.15, -0.1) is 0 Å². The van der Waals surface area contributed by atoms with Crippen LogP contribution in [0.25, 0.3) is 0 Å². The number of likely N-dealkylation sites (N-methyl/N-ethyl adjacent to an activating group) is 1. The molecule has 14 heteroatoms. The summed E-state index contributed by atoms with van der Waals surface area (Å²) < 4.78 is 36.6. The Morgan fingerprint density at radius 2 is 1.90 bits per heavy atom. The molecule has 2 amide bonds. The summed E-state index contributed by atoms with van der Waals surface area (Å²) in [4.78, 5) is 34.1. The lowest BCUT2D eigenvalue weighted by molar-refractivity contribution is -0.134. The quantitative estimate of drug-likeness (QED) is 0.172. The number of aromatic nitrogens is 2. The van der Waals surface area contributed by atoms with Crippen LogP contribution in [0.4, 0.5) is 17.1 Å². The summed E-state index contributed by atoms with van der Waals surface area (Å²) in [7, 11) is -0.310. The number of nitrogen functional groups attached to an aromatic ring is 1. The Balaban J connectivity index is 1.32. The van der Waals surface area contributed by atoms with Crippen LogP contribution in [0.5, 0.6) is 5.75 Å². The van der Waals surface area contributed by atoms with E-state index in [1.165, 1.54) is 17.1 Å². The third-order valence-corrected chi connectivity index (χ3v) is 9.76. The van der Waals surface area contributed by atoms with Crippen LogP contribution in [0.3, 0.4) is 0 Å². The molecular weight excluding hydrogens is 646 g/mol. The Morgan fingerprint density at radius 1 is 1.16 bits per heavy atom. The van der Waals surface area contributed by atoms with E-state index in [4.69, 9.17) is 10.5 Å². The SMILES string of the molecule is C[C@H](CO)N1C[C@H](C)[C@H](CN(C)Cc2ccc(C(=O)Nc3ccccc3N)cc2)Oc2ccc(NS(=O)(=O)c3cn(C)cn3)cc2CC1=O. The molecule has 0 fully saturated rings. The molecule has 0 bridgehead atoms. The zero-order valence-corrected chi connectivity index (χ0v) is 28.9. The van der Waals surface area contributed by atoms with Crippen LogP contribution in [-0.2, 0) is 34.8 Å². The number of aliphatic hydroxyl groups excluding tert-OH is 1. The molecular formula is C35H43N7O6S. The minimum atomic E-state index is -3.96. The van der Waals surface area contributed by atoms with Crippen molar-refractivity contribution in [3.8, 4) is 5.75 Å². The molecule has 13 nitrogen and oxygen atoms in total. The smallest absolute Gasteiger partial charge is 0.280 e. The average molecular weight is 690 g/mol. The van der Waals surface area contributed by atoms with Crippen molar-refractivity contribution >= 4 is 38.9 Å². The molecule has 49 heavy (non-hydrogen) atoms. The Labute approximate surface area is 286 Å². The van der Waals surface area contributed by atoms with Gasteiger partial charge in [-0.25, -0.2) is 4.98 Å². The third kappa shape index (κ3) is 8.76. The van der Waals surface area contributed by atoms with Crippen molar-refractivity contribution in [2.45, 2.75) is 44.0 Å². The second-order valence-corrected chi connectivity index (χ2v) is 14.3. The van der Waals surface area contributed by atoms with Gasteiger partial charge in [-0.2, -0.15) is 8.42 Å². The van der Waals surface area contributed by atoms with Crippen LogP contribution in [0.1, 0.15) is 35.3 Å². The molecule has 0 saturated heterocycles. The summed E-state index contributed by atoms with van der Waals surface area (Å²) in [6.07, 6.45) is 2.40. The van der Waals surface area contributed by atoms with Crippen LogP contribution in [0, 0.1) is 5.92 Å². The number of nitrogens with one attached hydrogen (secondary N) is 2. The van der Waals surface area contributed by atoms with Gasteiger partial charge in [0.25, 0.3) is 15.9 Å². The fraction of sp³-hybridized carbons (Fsp3) is 0.343. The highest BCUT2D eigenvalue weighted by molar-refractivity contribution is 7.92. The molecule has 0 radical (unpaired) electrons. The fourth-order valence-electron chi connectivity index (χ4n) is 5.70. The number of aryl methyl sites for hydroxylation is 1. The summed E-state index contributed by atoms with van der Waals surface area (Å²) in [5.41, 5.74) is 9.29. The second-order valence-electron chi connectivity index (χ2n) is 12.6. The van der Waals surface area contributed by atoms with Crippen molar-refractivity contribution in [3.63, 3.8) is 0 Å². The van der Waals surface area contributed by atoms with Gasteiger partial charge < -0.3 is 30.4 Å². The Kier molecular flexibility index (Phi) is 10.9. The maximum absolute atomic E-state index is 13.6. The molecule has 260 valence electrons. The standard InChI is InChI=1S/C35H43N7O6S/c1-23-17-42(24(2)21-43)34(44)16-27-15-28(39-49(46,47)33-20-41(4)22-37-33)13-14-31(27)48-32(23)19-40(3)18-25-9-11-26(12-10-25)35(45)38-30-8-6-5-7-29(30)36/h5-15,20,22-24,32,39,43H,16-19,21,36H2,1-4H3,(H,38,45)/t23-,24+,32-/m0/s1. The number of hydrogen-bond acceptors (Lipinski definition) is 9. The van der Waals surface area contributed by atoms with Gasteiger partial charge in [0.2, 0.25) is 5.91 Å². The number of fused-ring (bicyclic) bond motifs is 1. The maximum Gasteiger partial charge on any atom is 0.280 e. The largest absolute Gasteiger partial charge is 0.488 e. The summed E-state index contributed by atoms with van der Waals surface area (Å²) in [5, 5.41) is 12.7. The summed E-state index contributed by atoms with van der Waals surface area (Å²) >= 11 is 0. The number of hydrogen-bond donors (Lipinski definition) is 4. The number of aliphatic hydroxyl groups is 1. The highest BCUT2D eigenvalue weighted by atomic mass is 32.2. The van der Waals surface area contributed by atoms with E-state index in [0.717, 1.165) is 5.56 Å². The minimum Gasteiger partial charge on any atom is -0.488 e. The number of para-hydroxylation sites is 2. The molecule has 2 heterocycles. The van der Waals surface area contributed by atoms with Gasteiger partial charge in [0.05, 0.1) is 36.8 Å². The fourth-order valence-corrected chi connectivity index (χ4v) is 6.73. The lowest BCUT2D eigenvalue weighted by Crippen LogP contribution is -2.47. The van der Waals surface area contributed by atoms with Gasteiger partial charge in [0.1, 0.15) is 11.9 Å².